The first-order valence-corrected chi connectivity index (χ1v) is 10.4. The Kier molecular flexibility index (Phi) is 8.31. The van der Waals surface area contributed by atoms with Crippen LogP contribution in [0.2, 0.25) is 0 Å². The van der Waals surface area contributed by atoms with Gasteiger partial charge in [-0.1, -0.05) is 30.3 Å². The van der Waals surface area contributed by atoms with Gasteiger partial charge in [0, 0.05) is 45.0 Å². The van der Waals surface area contributed by atoms with Gasteiger partial charge in [-0.3, -0.25) is 4.99 Å². The highest BCUT2D eigenvalue weighted by Gasteiger charge is 2.18. The van der Waals surface area contributed by atoms with E-state index in [0.29, 0.717) is 5.96 Å². The number of ether oxygens (including phenoxy) is 1. The van der Waals surface area contributed by atoms with Gasteiger partial charge >= 0.3 is 0 Å². The first-order chi connectivity index (χ1) is 14.2. The highest BCUT2D eigenvalue weighted by atomic mass is 19.1. The first kappa shape index (κ1) is 21.1. The minimum absolute atomic E-state index is 0.203. The third kappa shape index (κ3) is 7.06. The lowest BCUT2D eigenvalue weighted by Crippen LogP contribution is -2.51. The normalized spacial score (nSPS) is 15.0. The molecule has 6 heteroatoms. The third-order valence-corrected chi connectivity index (χ3v) is 5.14. The summed E-state index contributed by atoms with van der Waals surface area (Å²) < 4.78 is 18.8. The molecule has 1 aliphatic rings. The number of hydrogen-bond acceptors (Lipinski definition) is 3. The van der Waals surface area contributed by atoms with Crippen molar-refractivity contribution in [2.75, 3.05) is 50.8 Å². The van der Waals surface area contributed by atoms with Gasteiger partial charge in [-0.25, -0.2) is 4.39 Å². The minimum atomic E-state index is -0.203. The zero-order valence-corrected chi connectivity index (χ0v) is 17.0. The van der Waals surface area contributed by atoms with Crippen molar-refractivity contribution in [1.82, 2.24) is 4.90 Å². The van der Waals surface area contributed by atoms with Gasteiger partial charge < -0.3 is 20.3 Å². The van der Waals surface area contributed by atoms with Crippen LogP contribution in [0.4, 0.5) is 10.1 Å². The van der Waals surface area contributed by atoms with Gasteiger partial charge in [0.2, 0.25) is 0 Å². The second-order valence-corrected chi connectivity index (χ2v) is 7.25. The van der Waals surface area contributed by atoms with Crippen LogP contribution in [0, 0.1) is 5.82 Å². The van der Waals surface area contributed by atoms with E-state index in [1.165, 1.54) is 17.7 Å². The number of nitrogens with zero attached hydrogens (tertiary/aromatic N) is 3. The molecule has 0 spiro atoms. The van der Waals surface area contributed by atoms with Crippen LogP contribution < -0.4 is 10.6 Å². The van der Waals surface area contributed by atoms with E-state index in [4.69, 9.17) is 10.5 Å². The van der Waals surface area contributed by atoms with E-state index in [9.17, 15) is 4.39 Å². The van der Waals surface area contributed by atoms with Crippen molar-refractivity contribution in [2.45, 2.75) is 19.3 Å². The number of rotatable bonds is 9. The van der Waals surface area contributed by atoms with Crippen LogP contribution >= 0.6 is 0 Å². The van der Waals surface area contributed by atoms with Gasteiger partial charge in [0.05, 0.1) is 6.61 Å². The van der Waals surface area contributed by atoms with Gasteiger partial charge in [0.15, 0.2) is 5.96 Å². The summed E-state index contributed by atoms with van der Waals surface area (Å²) >= 11 is 0. The third-order valence-electron chi connectivity index (χ3n) is 5.14. The van der Waals surface area contributed by atoms with Crippen molar-refractivity contribution in [1.29, 1.82) is 0 Å². The highest BCUT2D eigenvalue weighted by molar-refractivity contribution is 5.78. The van der Waals surface area contributed by atoms with Crippen LogP contribution in [-0.2, 0) is 11.2 Å². The van der Waals surface area contributed by atoms with Gasteiger partial charge in [0.25, 0.3) is 0 Å². The summed E-state index contributed by atoms with van der Waals surface area (Å²) in [5.74, 6) is 0.416. The number of piperazine rings is 1. The molecule has 29 heavy (non-hydrogen) atoms. The van der Waals surface area contributed by atoms with E-state index in [1.807, 2.05) is 18.2 Å². The Hall–Kier alpha value is -2.60. The summed E-state index contributed by atoms with van der Waals surface area (Å²) in [5.41, 5.74) is 8.52. The molecule has 0 atom stereocenters. The maximum Gasteiger partial charge on any atom is 0.191 e. The Labute approximate surface area is 173 Å². The number of hydrogen-bond donors (Lipinski definition) is 1. The van der Waals surface area contributed by atoms with E-state index < -0.39 is 0 Å². The molecule has 1 saturated heterocycles. The second kappa shape index (κ2) is 11.4. The lowest BCUT2D eigenvalue weighted by Gasteiger charge is -2.36. The second-order valence-electron chi connectivity index (χ2n) is 7.25. The molecule has 2 aromatic carbocycles. The number of nitrogens with two attached hydrogens (primary N) is 1. The largest absolute Gasteiger partial charge is 0.381 e. The molecule has 1 fully saturated rings. The SMILES string of the molecule is NC(=NCCCCOCCc1ccccc1)N1CCN(c2ccc(F)cc2)CC1. The topological polar surface area (TPSA) is 54.1 Å². The number of benzene rings is 2. The molecular weight excluding hydrogens is 367 g/mol. The molecule has 0 aliphatic carbocycles. The number of guanidine groups is 1. The van der Waals surface area contributed by atoms with Crippen molar-refractivity contribution < 1.29 is 9.13 Å². The fraction of sp³-hybridized carbons (Fsp3) is 0.435. The molecule has 0 aromatic heterocycles. The lowest BCUT2D eigenvalue weighted by atomic mass is 10.2. The van der Waals surface area contributed by atoms with Gasteiger partial charge in [-0.2, -0.15) is 0 Å². The smallest absolute Gasteiger partial charge is 0.191 e. The van der Waals surface area contributed by atoms with Crippen LogP contribution in [-0.4, -0.2) is 56.8 Å². The molecule has 0 saturated carbocycles. The van der Waals surface area contributed by atoms with Crippen molar-refractivity contribution >= 4 is 11.6 Å². The maximum absolute atomic E-state index is 13.1. The summed E-state index contributed by atoms with van der Waals surface area (Å²) in [6.07, 6.45) is 2.92. The Morgan fingerprint density at radius 3 is 2.38 bits per heavy atom. The average Bonchev–Trinajstić information content (AvgIpc) is 2.77. The lowest BCUT2D eigenvalue weighted by molar-refractivity contribution is 0.134. The van der Waals surface area contributed by atoms with E-state index in [2.05, 4.69) is 39.1 Å². The molecule has 0 radical (unpaired) electrons. The number of halogens is 1. The maximum atomic E-state index is 13.1. The Morgan fingerprint density at radius 1 is 0.931 bits per heavy atom. The predicted octanol–water partition coefficient (Wildman–Crippen LogP) is 3.30. The molecule has 1 heterocycles. The van der Waals surface area contributed by atoms with Crippen LogP contribution in [0.25, 0.3) is 0 Å². The molecule has 0 unspecified atom stereocenters. The molecular formula is C23H31FN4O. The molecule has 5 nitrogen and oxygen atoms in total. The molecule has 3 rings (SSSR count). The summed E-state index contributed by atoms with van der Waals surface area (Å²) in [7, 11) is 0. The van der Waals surface area contributed by atoms with E-state index in [-0.39, 0.29) is 5.82 Å². The van der Waals surface area contributed by atoms with E-state index >= 15 is 0 Å². The highest BCUT2D eigenvalue weighted by Crippen LogP contribution is 2.16. The summed E-state index contributed by atoms with van der Waals surface area (Å²) in [6, 6.07) is 17.0. The van der Waals surface area contributed by atoms with Crippen molar-refractivity contribution in [3.8, 4) is 0 Å². The van der Waals surface area contributed by atoms with Gasteiger partial charge in [-0.05, 0) is 49.1 Å². The summed E-state index contributed by atoms with van der Waals surface area (Å²) in [5, 5.41) is 0. The van der Waals surface area contributed by atoms with Crippen LogP contribution in [0.5, 0.6) is 0 Å². The Balaban J connectivity index is 1.26. The molecule has 1 aliphatic heterocycles. The van der Waals surface area contributed by atoms with Crippen molar-refractivity contribution in [3.63, 3.8) is 0 Å². The van der Waals surface area contributed by atoms with Crippen LogP contribution in [0.15, 0.2) is 59.6 Å². The molecule has 156 valence electrons. The monoisotopic (exact) mass is 398 g/mol. The molecule has 0 amide bonds. The summed E-state index contributed by atoms with van der Waals surface area (Å²) in [6.45, 7) is 5.62. The molecule has 2 aromatic rings. The van der Waals surface area contributed by atoms with Crippen LogP contribution in [0.1, 0.15) is 18.4 Å². The standard InChI is InChI=1S/C23H31FN4O/c24-21-8-10-22(11-9-21)27-14-16-28(17-15-27)23(25)26-13-4-5-18-29-19-12-20-6-2-1-3-7-20/h1-3,6-11H,4-5,12-19H2,(H2,25,26). The first-order valence-electron chi connectivity index (χ1n) is 10.4. The van der Waals surface area contributed by atoms with Gasteiger partial charge in [0.1, 0.15) is 5.82 Å². The van der Waals surface area contributed by atoms with Crippen LogP contribution in [0.3, 0.4) is 0 Å². The zero-order valence-electron chi connectivity index (χ0n) is 17.0. The average molecular weight is 399 g/mol. The quantitative estimate of drug-likeness (QED) is 0.400. The van der Waals surface area contributed by atoms with Gasteiger partial charge in [-0.15, -0.1) is 0 Å². The van der Waals surface area contributed by atoms with Crippen molar-refractivity contribution in [3.05, 3.63) is 66.0 Å². The fourth-order valence-electron chi connectivity index (χ4n) is 3.39. The van der Waals surface area contributed by atoms with E-state index in [1.54, 1.807) is 0 Å². The predicted molar refractivity (Wildman–Crippen MR) is 117 cm³/mol. The van der Waals surface area contributed by atoms with Crippen molar-refractivity contribution in [2.24, 2.45) is 10.7 Å². The Bertz CT molecular complexity index is 743. The molecule has 0 bridgehead atoms. The zero-order chi connectivity index (χ0) is 20.3. The molecule has 2 N–H and O–H groups in total. The fourth-order valence-corrected chi connectivity index (χ4v) is 3.39. The minimum Gasteiger partial charge on any atom is -0.381 e. The summed E-state index contributed by atoms with van der Waals surface area (Å²) in [4.78, 5) is 8.89. The number of aliphatic imine (C=N–C) groups is 1. The number of anilines is 1. The number of unbranched alkanes of at least 4 members (excludes halogenated alkanes) is 1. The Morgan fingerprint density at radius 2 is 1.66 bits per heavy atom. The van der Waals surface area contributed by atoms with E-state index in [0.717, 1.165) is 70.9 Å².